The largest absolute Gasteiger partial charge is 0.374 e. The zero-order valence-corrected chi connectivity index (χ0v) is 40.4. The number of aliphatic hydroxyl groups excluding tert-OH is 1. The van der Waals surface area contributed by atoms with Gasteiger partial charge in [-0.2, -0.15) is 0 Å². The van der Waals surface area contributed by atoms with E-state index in [2.05, 4.69) is 0 Å². The van der Waals surface area contributed by atoms with Crippen LogP contribution in [0.15, 0.2) is 212 Å². The van der Waals surface area contributed by atoms with Crippen LogP contribution in [0.3, 0.4) is 0 Å². The van der Waals surface area contributed by atoms with Crippen molar-refractivity contribution in [3.8, 4) is 0 Å². The second-order valence-electron chi connectivity index (χ2n) is 18.0. The molecule has 0 bridgehead atoms. The van der Waals surface area contributed by atoms with Gasteiger partial charge in [-0.15, -0.1) is 0 Å². The van der Waals surface area contributed by atoms with E-state index in [0.717, 1.165) is 38.9 Å². The van der Waals surface area contributed by atoms with Crippen LogP contribution in [-0.2, 0) is 93.6 Å². The van der Waals surface area contributed by atoms with Crippen molar-refractivity contribution in [2.24, 2.45) is 0 Å². The van der Waals surface area contributed by atoms with E-state index in [-0.39, 0.29) is 46.2 Å². The first kappa shape index (κ1) is 51.0. The topological polar surface area (TPSA) is 113 Å². The van der Waals surface area contributed by atoms with Crippen molar-refractivity contribution in [3.05, 3.63) is 251 Å². The molecule has 72 heavy (non-hydrogen) atoms. The van der Waals surface area contributed by atoms with Gasteiger partial charge in [-0.1, -0.05) is 212 Å². The van der Waals surface area contributed by atoms with Crippen LogP contribution in [0.2, 0.25) is 0 Å². The molecular weight excluding hydrogens is 909 g/mol. The lowest BCUT2D eigenvalue weighted by Gasteiger charge is -2.49. The Bertz CT molecular complexity index is 2550. The monoisotopic (exact) mass is 972 g/mol. The first-order valence-electron chi connectivity index (χ1n) is 24.8. The Morgan fingerprint density at radius 2 is 0.569 bits per heavy atom. The molecule has 7 aromatic carbocycles. The van der Waals surface area contributed by atoms with Crippen molar-refractivity contribution in [1.82, 2.24) is 0 Å². The molecule has 7 aromatic rings. The van der Waals surface area contributed by atoms with Gasteiger partial charge >= 0.3 is 0 Å². The average Bonchev–Trinajstić information content (AvgIpc) is 3.43. The van der Waals surface area contributed by atoms with E-state index in [9.17, 15) is 5.11 Å². The van der Waals surface area contributed by atoms with Crippen molar-refractivity contribution in [3.63, 3.8) is 0 Å². The summed E-state index contributed by atoms with van der Waals surface area (Å²) in [5, 5.41) is 12.0. The number of hydrogen-bond acceptors (Lipinski definition) is 11. The van der Waals surface area contributed by atoms with Crippen LogP contribution >= 0.6 is 0 Å². The van der Waals surface area contributed by atoms with Gasteiger partial charge in [-0.25, -0.2) is 0 Å². The maximum atomic E-state index is 12.0. The summed E-state index contributed by atoms with van der Waals surface area (Å²) < 4.78 is 68.6. The van der Waals surface area contributed by atoms with Crippen LogP contribution < -0.4 is 0 Å². The van der Waals surface area contributed by atoms with E-state index in [1.807, 2.05) is 212 Å². The van der Waals surface area contributed by atoms with Crippen LogP contribution in [0.25, 0.3) is 0 Å². The molecule has 0 unspecified atom stereocenters. The number of rotatable bonds is 25. The van der Waals surface area contributed by atoms with Crippen LogP contribution in [0.4, 0.5) is 0 Å². The Labute approximate surface area is 423 Å². The summed E-state index contributed by atoms with van der Waals surface area (Å²) in [7, 11) is 0. The van der Waals surface area contributed by atoms with Gasteiger partial charge in [0.25, 0.3) is 0 Å². The quantitative estimate of drug-likeness (QED) is 0.0591. The van der Waals surface area contributed by atoms with Crippen molar-refractivity contribution >= 4 is 0 Å². The number of ether oxygens (including phenoxy) is 10. The summed E-state index contributed by atoms with van der Waals surface area (Å²) in [6.07, 6.45) is -9.37. The maximum Gasteiger partial charge on any atom is 0.187 e. The molecule has 2 saturated heterocycles. The molecule has 10 atom stereocenters. The lowest BCUT2D eigenvalue weighted by molar-refractivity contribution is -0.374. The van der Waals surface area contributed by atoms with Gasteiger partial charge in [0.05, 0.1) is 59.5 Å². The number of benzene rings is 7. The molecule has 2 heterocycles. The minimum absolute atomic E-state index is 0.0375. The Balaban J connectivity index is 1.10. The summed E-state index contributed by atoms with van der Waals surface area (Å²) in [5.41, 5.74) is 6.75. The molecule has 11 nitrogen and oxygen atoms in total. The van der Waals surface area contributed by atoms with Crippen molar-refractivity contribution in [2.45, 2.75) is 108 Å². The van der Waals surface area contributed by atoms with Gasteiger partial charge in [0.1, 0.15) is 48.8 Å². The molecule has 2 fully saturated rings. The Morgan fingerprint density at radius 1 is 0.292 bits per heavy atom. The first-order valence-corrected chi connectivity index (χ1v) is 24.8. The van der Waals surface area contributed by atoms with Crippen LogP contribution in [0.5, 0.6) is 0 Å². The van der Waals surface area contributed by atoms with E-state index in [0.29, 0.717) is 13.2 Å². The zero-order valence-electron chi connectivity index (χ0n) is 40.4. The molecule has 374 valence electrons. The van der Waals surface area contributed by atoms with E-state index >= 15 is 0 Å². The summed E-state index contributed by atoms with van der Waals surface area (Å²) >= 11 is 0. The Morgan fingerprint density at radius 3 is 0.931 bits per heavy atom. The highest BCUT2D eigenvalue weighted by molar-refractivity contribution is 5.19. The molecular formula is C61H64O11. The predicted molar refractivity (Wildman–Crippen MR) is 272 cm³/mol. The fourth-order valence-corrected chi connectivity index (χ4v) is 8.97. The highest BCUT2D eigenvalue weighted by Crippen LogP contribution is 2.36. The minimum atomic E-state index is -1.41. The zero-order chi connectivity index (χ0) is 49.0. The molecule has 0 amide bonds. The van der Waals surface area contributed by atoms with E-state index in [1.165, 1.54) is 0 Å². The molecule has 0 spiro atoms. The fourth-order valence-electron chi connectivity index (χ4n) is 8.97. The van der Waals surface area contributed by atoms with Gasteiger partial charge in [0.2, 0.25) is 0 Å². The maximum absolute atomic E-state index is 12.0. The van der Waals surface area contributed by atoms with Gasteiger partial charge in [0.15, 0.2) is 12.6 Å². The second-order valence-corrected chi connectivity index (χ2v) is 18.0. The number of aliphatic hydroxyl groups is 1. The molecule has 0 aliphatic carbocycles. The van der Waals surface area contributed by atoms with Gasteiger partial charge < -0.3 is 52.5 Å². The molecule has 0 saturated carbocycles. The molecule has 0 radical (unpaired) electrons. The van der Waals surface area contributed by atoms with Crippen molar-refractivity contribution in [1.29, 1.82) is 0 Å². The van der Waals surface area contributed by atoms with E-state index < -0.39 is 61.4 Å². The highest BCUT2D eigenvalue weighted by Gasteiger charge is 2.54. The molecule has 2 aliphatic heterocycles. The van der Waals surface area contributed by atoms with E-state index in [1.54, 1.807) is 0 Å². The van der Waals surface area contributed by atoms with Crippen molar-refractivity contribution < 1.29 is 52.5 Å². The minimum Gasteiger partial charge on any atom is -0.374 e. The third kappa shape index (κ3) is 14.8. The van der Waals surface area contributed by atoms with Crippen LogP contribution in [0.1, 0.15) is 38.9 Å². The Kier molecular flexibility index (Phi) is 19.3. The summed E-state index contributed by atoms with van der Waals surface area (Å²) in [5.74, 6) is 0. The predicted octanol–water partition coefficient (Wildman–Crippen LogP) is 10.2. The van der Waals surface area contributed by atoms with Gasteiger partial charge in [0, 0.05) is 0 Å². The average molecular weight is 973 g/mol. The summed E-state index contributed by atoms with van der Waals surface area (Å²) in [4.78, 5) is 0. The normalized spacial score (nSPS) is 24.2. The molecule has 11 heteroatoms. The van der Waals surface area contributed by atoms with Crippen LogP contribution in [-0.4, -0.2) is 79.7 Å². The summed E-state index contributed by atoms with van der Waals surface area (Å²) in [6, 6.07) is 69.6. The standard InChI is InChI=1S/C61H64O11/c62-60-58(68-41-50-32-18-6-19-33-50)57(67-40-49-30-16-5-17-31-49)55(53(70-60)44-64-37-46-24-10-2-11-25-46)72-61-59(69-42-51-34-20-7-21-35-51)56(66-39-48-28-14-4-15-29-48)54(65-38-47-26-12-3-13-27-47)52(71-61)43-63-36-45-22-8-1-9-23-45/h1-35,52-62H,36-44H2/t52-,53-,54-,55-,56+,57+,58-,59-,60+,61-/m1/s1. The van der Waals surface area contributed by atoms with Gasteiger partial charge in [-0.05, 0) is 38.9 Å². The fraction of sp³-hybridized carbons (Fsp3) is 0.311. The first-order chi connectivity index (χ1) is 35.6. The third-order valence-electron chi connectivity index (χ3n) is 12.7. The number of hydrogen-bond donors (Lipinski definition) is 1. The second kappa shape index (κ2) is 27.2. The molecule has 9 rings (SSSR count). The molecule has 2 aliphatic rings. The van der Waals surface area contributed by atoms with E-state index in [4.69, 9.17) is 47.4 Å². The van der Waals surface area contributed by atoms with Crippen molar-refractivity contribution in [2.75, 3.05) is 13.2 Å². The lowest BCUT2D eigenvalue weighted by Crippen LogP contribution is -2.66. The Hall–Kier alpha value is -5.90. The lowest BCUT2D eigenvalue weighted by atomic mass is 9.95. The van der Waals surface area contributed by atoms with Crippen LogP contribution in [0, 0.1) is 0 Å². The highest BCUT2D eigenvalue weighted by atomic mass is 16.8. The summed E-state index contributed by atoms with van der Waals surface area (Å²) in [6.45, 7) is 1.91. The smallest absolute Gasteiger partial charge is 0.187 e. The molecule has 0 aromatic heterocycles. The van der Waals surface area contributed by atoms with Gasteiger partial charge in [-0.3, -0.25) is 0 Å². The molecule has 1 N–H and O–H groups in total. The SMILES string of the molecule is O[C@H]1O[C@H](COCc2ccccc2)[C@@H](O[C@H]2O[C@H](COCc3ccccc3)[C@@H](OCc3ccccc3)[C@H](OCc3ccccc3)[C@H]2OCc2ccccc2)[C@H](OCc2ccccc2)[C@H]1OCc1ccccc1. The third-order valence-corrected chi connectivity index (χ3v) is 12.7.